The summed E-state index contributed by atoms with van der Waals surface area (Å²) in [4.78, 5) is 12.4. The Balaban J connectivity index is 2.04. The summed E-state index contributed by atoms with van der Waals surface area (Å²) >= 11 is 0. The van der Waals surface area contributed by atoms with Gasteiger partial charge in [-0.25, -0.2) is 0 Å². The van der Waals surface area contributed by atoms with Gasteiger partial charge in [0.15, 0.2) is 0 Å². The minimum atomic E-state index is 0.0179. The van der Waals surface area contributed by atoms with Crippen molar-refractivity contribution in [2.75, 3.05) is 11.1 Å². The summed E-state index contributed by atoms with van der Waals surface area (Å²) in [6, 6.07) is 0.700. The van der Waals surface area contributed by atoms with Crippen LogP contribution in [-0.4, -0.2) is 27.1 Å². The third-order valence-corrected chi connectivity index (χ3v) is 3.24. The number of nitrogens with one attached hydrogen (secondary N) is 1. The second-order valence-electron chi connectivity index (χ2n) is 5.58. The summed E-state index contributed by atoms with van der Waals surface area (Å²) in [7, 11) is 0. The number of ether oxygens (including phenoxy) is 1. The van der Waals surface area contributed by atoms with Crippen LogP contribution >= 0.6 is 0 Å². The lowest BCUT2D eigenvalue weighted by Gasteiger charge is -2.27. The van der Waals surface area contributed by atoms with E-state index in [-0.39, 0.29) is 18.1 Å². The van der Waals surface area contributed by atoms with E-state index in [4.69, 9.17) is 10.5 Å². The van der Waals surface area contributed by atoms with Crippen molar-refractivity contribution in [2.45, 2.75) is 58.6 Å². The molecule has 1 aromatic heterocycles. The Morgan fingerprint density at radius 3 is 2.74 bits per heavy atom. The molecule has 0 aromatic carbocycles. The largest absolute Gasteiger partial charge is 0.461 e. The summed E-state index contributed by atoms with van der Waals surface area (Å²) in [6.07, 6.45) is 4.86. The summed E-state index contributed by atoms with van der Waals surface area (Å²) in [6.45, 7) is 6.13. The van der Waals surface area contributed by atoms with Crippen molar-refractivity contribution in [3.8, 4) is 6.01 Å². The lowest BCUT2D eigenvalue weighted by atomic mass is 9.87. The maximum atomic E-state index is 5.69. The zero-order valence-electron chi connectivity index (χ0n) is 11.9. The summed E-state index contributed by atoms with van der Waals surface area (Å²) in [5.41, 5.74) is 5.69. The van der Waals surface area contributed by atoms with Crippen LogP contribution < -0.4 is 15.8 Å². The van der Waals surface area contributed by atoms with Gasteiger partial charge < -0.3 is 15.8 Å². The minimum absolute atomic E-state index is 0.0179. The highest BCUT2D eigenvalue weighted by atomic mass is 16.5. The van der Waals surface area contributed by atoms with Gasteiger partial charge in [0.1, 0.15) is 0 Å². The van der Waals surface area contributed by atoms with Gasteiger partial charge in [-0.3, -0.25) is 0 Å². The number of hydrogen-bond donors (Lipinski definition) is 2. The number of hydrogen-bond acceptors (Lipinski definition) is 6. The fourth-order valence-corrected chi connectivity index (χ4v) is 2.45. The smallest absolute Gasteiger partial charge is 0.323 e. The second kappa shape index (κ2) is 6.04. The standard InChI is InChI=1S/C13H23N5O/c1-8(2)19-13-17-11(14)16-12(18-13)15-10-6-4-5-9(3)7-10/h8-10H,4-7H2,1-3H3,(H3,14,15,16,17,18). The van der Waals surface area contributed by atoms with Gasteiger partial charge >= 0.3 is 6.01 Å². The molecule has 2 atom stereocenters. The fourth-order valence-electron chi connectivity index (χ4n) is 2.45. The SMILES string of the molecule is CC1CCCC(Nc2nc(N)nc(OC(C)C)n2)C1. The van der Waals surface area contributed by atoms with Crippen molar-refractivity contribution in [1.82, 2.24) is 15.0 Å². The van der Waals surface area contributed by atoms with Crippen LogP contribution in [0.5, 0.6) is 6.01 Å². The Labute approximate surface area is 114 Å². The topological polar surface area (TPSA) is 86.0 Å². The average molecular weight is 265 g/mol. The van der Waals surface area contributed by atoms with E-state index in [0.717, 1.165) is 18.8 Å². The van der Waals surface area contributed by atoms with Crippen molar-refractivity contribution >= 4 is 11.9 Å². The first-order chi connectivity index (χ1) is 9.02. The normalized spacial score (nSPS) is 23.4. The summed E-state index contributed by atoms with van der Waals surface area (Å²) in [5, 5.41) is 3.34. The molecule has 1 saturated carbocycles. The Bertz CT molecular complexity index is 423. The van der Waals surface area contributed by atoms with Gasteiger partial charge in [-0.2, -0.15) is 15.0 Å². The van der Waals surface area contributed by atoms with Crippen LogP contribution in [0.2, 0.25) is 0 Å². The number of aromatic nitrogens is 3. The number of nitrogens with zero attached hydrogens (tertiary/aromatic N) is 3. The Hall–Kier alpha value is -1.59. The van der Waals surface area contributed by atoms with Gasteiger partial charge in [0, 0.05) is 6.04 Å². The molecule has 106 valence electrons. The molecule has 1 aliphatic carbocycles. The highest BCUT2D eigenvalue weighted by molar-refractivity contribution is 5.33. The molecule has 0 spiro atoms. The Kier molecular flexibility index (Phi) is 4.39. The number of anilines is 2. The third-order valence-electron chi connectivity index (χ3n) is 3.24. The fraction of sp³-hybridized carbons (Fsp3) is 0.769. The van der Waals surface area contributed by atoms with Crippen LogP contribution in [0.3, 0.4) is 0 Å². The van der Waals surface area contributed by atoms with Crippen molar-refractivity contribution in [2.24, 2.45) is 5.92 Å². The molecule has 6 heteroatoms. The minimum Gasteiger partial charge on any atom is -0.461 e. The number of nitrogens with two attached hydrogens (primary N) is 1. The maximum Gasteiger partial charge on any atom is 0.323 e. The molecule has 1 fully saturated rings. The zero-order chi connectivity index (χ0) is 13.8. The monoisotopic (exact) mass is 265 g/mol. The Morgan fingerprint density at radius 2 is 2.05 bits per heavy atom. The molecule has 0 radical (unpaired) electrons. The predicted octanol–water partition coefficient (Wildman–Crippen LogP) is 2.23. The molecule has 6 nitrogen and oxygen atoms in total. The van der Waals surface area contributed by atoms with Crippen molar-refractivity contribution in [1.29, 1.82) is 0 Å². The molecule has 1 heterocycles. The molecule has 2 unspecified atom stereocenters. The highest BCUT2D eigenvalue weighted by Crippen LogP contribution is 2.25. The van der Waals surface area contributed by atoms with E-state index in [2.05, 4.69) is 27.2 Å². The van der Waals surface area contributed by atoms with Crippen LogP contribution in [-0.2, 0) is 0 Å². The van der Waals surface area contributed by atoms with Gasteiger partial charge in [0.25, 0.3) is 0 Å². The van der Waals surface area contributed by atoms with Crippen molar-refractivity contribution in [3.05, 3.63) is 0 Å². The van der Waals surface area contributed by atoms with Crippen molar-refractivity contribution in [3.63, 3.8) is 0 Å². The van der Waals surface area contributed by atoms with E-state index in [1.807, 2.05) is 13.8 Å². The van der Waals surface area contributed by atoms with E-state index >= 15 is 0 Å². The molecule has 3 N–H and O–H groups in total. The van der Waals surface area contributed by atoms with Gasteiger partial charge in [-0.15, -0.1) is 0 Å². The molecule has 0 bridgehead atoms. The van der Waals surface area contributed by atoms with Crippen LogP contribution in [0, 0.1) is 5.92 Å². The molecule has 19 heavy (non-hydrogen) atoms. The highest BCUT2D eigenvalue weighted by Gasteiger charge is 2.20. The van der Waals surface area contributed by atoms with Crippen LogP contribution in [0.4, 0.5) is 11.9 Å². The lowest BCUT2D eigenvalue weighted by Crippen LogP contribution is -2.27. The molecular weight excluding hydrogens is 242 g/mol. The molecule has 0 saturated heterocycles. The number of nitrogen functional groups attached to an aromatic ring is 1. The quantitative estimate of drug-likeness (QED) is 0.868. The molecule has 2 rings (SSSR count). The van der Waals surface area contributed by atoms with Crippen molar-refractivity contribution < 1.29 is 4.74 Å². The predicted molar refractivity (Wildman–Crippen MR) is 75.0 cm³/mol. The van der Waals surface area contributed by atoms with Gasteiger partial charge in [-0.05, 0) is 32.6 Å². The van der Waals surface area contributed by atoms with E-state index < -0.39 is 0 Å². The number of rotatable bonds is 4. The van der Waals surface area contributed by atoms with Gasteiger partial charge in [-0.1, -0.05) is 19.8 Å². The van der Waals surface area contributed by atoms with E-state index in [0.29, 0.717) is 12.0 Å². The molecule has 1 aromatic rings. The van der Waals surface area contributed by atoms with Crippen LogP contribution in [0.1, 0.15) is 46.5 Å². The summed E-state index contributed by atoms with van der Waals surface area (Å²) in [5.74, 6) is 1.45. The molecule has 1 aliphatic rings. The first-order valence-electron chi connectivity index (χ1n) is 6.97. The van der Waals surface area contributed by atoms with Crippen LogP contribution in [0.25, 0.3) is 0 Å². The first-order valence-corrected chi connectivity index (χ1v) is 6.97. The second-order valence-corrected chi connectivity index (χ2v) is 5.58. The van der Waals surface area contributed by atoms with E-state index in [1.165, 1.54) is 12.8 Å². The zero-order valence-corrected chi connectivity index (χ0v) is 11.9. The van der Waals surface area contributed by atoms with E-state index in [1.54, 1.807) is 0 Å². The Morgan fingerprint density at radius 1 is 1.26 bits per heavy atom. The lowest BCUT2D eigenvalue weighted by molar-refractivity contribution is 0.222. The molecule has 0 aliphatic heterocycles. The molecule has 0 amide bonds. The maximum absolute atomic E-state index is 5.69. The van der Waals surface area contributed by atoms with Gasteiger partial charge in [0.05, 0.1) is 6.10 Å². The third kappa shape index (κ3) is 4.22. The summed E-state index contributed by atoms with van der Waals surface area (Å²) < 4.78 is 5.46. The van der Waals surface area contributed by atoms with Gasteiger partial charge in [0.2, 0.25) is 11.9 Å². The molecular formula is C13H23N5O. The van der Waals surface area contributed by atoms with E-state index in [9.17, 15) is 0 Å². The average Bonchev–Trinajstić information content (AvgIpc) is 2.26. The first kappa shape index (κ1) is 13.8. The van der Waals surface area contributed by atoms with Crippen LogP contribution in [0.15, 0.2) is 0 Å².